The Morgan fingerprint density at radius 1 is 1.25 bits per heavy atom. The van der Waals surface area contributed by atoms with Crippen molar-refractivity contribution in [1.29, 1.82) is 0 Å². The van der Waals surface area contributed by atoms with Gasteiger partial charge in [-0.3, -0.25) is 0 Å². The molecule has 1 aromatic carbocycles. The lowest BCUT2D eigenvalue weighted by Gasteiger charge is -2.12. The van der Waals surface area contributed by atoms with Gasteiger partial charge >= 0.3 is 0 Å². The molecule has 1 saturated carbocycles. The number of hydrogen-bond donors (Lipinski definition) is 1. The van der Waals surface area contributed by atoms with Crippen molar-refractivity contribution in [3.05, 3.63) is 35.4 Å². The van der Waals surface area contributed by atoms with E-state index in [-0.39, 0.29) is 11.5 Å². The highest BCUT2D eigenvalue weighted by Crippen LogP contribution is 2.56. The van der Waals surface area contributed by atoms with Crippen LogP contribution < -0.4 is 0 Å². The third kappa shape index (κ3) is 0.632. The predicted octanol–water partition coefficient (Wildman–Crippen LogP) is 1.64. The van der Waals surface area contributed by atoms with E-state index in [0.29, 0.717) is 0 Å². The fourth-order valence-corrected chi connectivity index (χ4v) is 2.50. The average molecular weight is 160 g/mol. The molecule has 3 rings (SSSR count). The van der Waals surface area contributed by atoms with E-state index in [1.807, 2.05) is 0 Å². The Kier molecular flexibility index (Phi) is 1.06. The number of fused-ring (bicyclic) bond motifs is 2. The summed E-state index contributed by atoms with van der Waals surface area (Å²) >= 11 is 0. The minimum Gasteiger partial charge on any atom is -0.392 e. The summed E-state index contributed by atoms with van der Waals surface area (Å²) < 4.78 is 0. The number of aliphatic hydroxyl groups is 1. The fraction of sp³-hybridized carbons (Fsp3) is 0.455. The average Bonchev–Trinajstić information content (AvgIpc) is 2.80. The van der Waals surface area contributed by atoms with E-state index < -0.39 is 0 Å². The van der Waals surface area contributed by atoms with Gasteiger partial charge in [-0.15, -0.1) is 0 Å². The summed E-state index contributed by atoms with van der Waals surface area (Å²) in [5, 5.41) is 9.84. The van der Waals surface area contributed by atoms with Crippen molar-refractivity contribution in [2.24, 2.45) is 0 Å². The largest absolute Gasteiger partial charge is 0.392 e. The van der Waals surface area contributed by atoms with Crippen molar-refractivity contribution >= 4 is 0 Å². The zero-order chi connectivity index (χ0) is 8.18. The molecule has 62 valence electrons. The van der Waals surface area contributed by atoms with E-state index >= 15 is 0 Å². The maximum absolute atomic E-state index is 9.84. The molecule has 1 fully saturated rings. The van der Waals surface area contributed by atoms with Gasteiger partial charge in [0.05, 0.1) is 6.10 Å². The molecule has 2 aliphatic rings. The second kappa shape index (κ2) is 1.91. The first kappa shape index (κ1) is 6.67. The molecule has 1 heteroatoms. The molecule has 0 heterocycles. The van der Waals surface area contributed by atoms with Gasteiger partial charge < -0.3 is 5.11 Å². The molecule has 12 heavy (non-hydrogen) atoms. The lowest BCUT2D eigenvalue weighted by atomic mass is 9.97. The molecular weight excluding hydrogens is 148 g/mol. The zero-order valence-corrected chi connectivity index (χ0v) is 6.96. The van der Waals surface area contributed by atoms with Gasteiger partial charge in [-0.25, -0.2) is 0 Å². The molecule has 0 bridgehead atoms. The van der Waals surface area contributed by atoms with Crippen LogP contribution in [0.3, 0.4) is 0 Å². The van der Waals surface area contributed by atoms with Gasteiger partial charge in [0.25, 0.3) is 0 Å². The standard InChI is InChI=1S/C11H12O/c12-10-7-8-3-1-2-4-9(8)11(10)5-6-11/h1-4,10,12H,5-7H2. The third-order valence-electron chi connectivity index (χ3n) is 3.39. The molecule has 1 spiro atoms. The first-order chi connectivity index (χ1) is 5.83. The van der Waals surface area contributed by atoms with Crippen LogP contribution in [0.1, 0.15) is 24.0 Å². The van der Waals surface area contributed by atoms with E-state index in [0.717, 1.165) is 6.42 Å². The lowest BCUT2D eigenvalue weighted by Crippen LogP contribution is -2.20. The normalized spacial score (nSPS) is 28.9. The Morgan fingerprint density at radius 3 is 2.75 bits per heavy atom. The van der Waals surface area contributed by atoms with Gasteiger partial charge in [0.15, 0.2) is 0 Å². The Hall–Kier alpha value is -0.820. The molecule has 0 amide bonds. The molecular formula is C11H12O. The second-order valence-electron chi connectivity index (χ2n) is 4.03. The maximum Gasteiger partial charge on any atom is 0.0677 e. The highest BCUT2D eigenvalue weighted by molar-refractivity contribution is 5.45. The van der Waals surface area contributed by atoms with E-state index in [9.17, 15) is 5.11 Å². The minimum absolute atomic E-state index is 0.102. The van der Waals surface area contributed by atoms with Gasteiger partial charge in [-0.1, -0.05) is 24.3 Å². The molecule has 0 radical (unpaired) electrons. The Morgan fingerprint density at radius 2 is 2.00 bits per heavy atom. The fourth-order valence-electron chi connectivity index (χ4n) is 2.50. The second-order valence-corrected chi connectivity index (χ2v) is 4.03. The molecule has 0 aromatic heterocycles. The quantitative estimate of drug-likeness (QED) is 0.611. The maximum atomic E-state index is 9.84. The van der Waals surface area contributed by atoms with Gasteiger partial charge in [0.1, 0.15) is 0 Å². The summed E-state index contributed by atoms with van der Waals surface area (Å²) in [5.74, 6) is 0. The highest BCUT2D eigenvalue weighted by Gasteiger charge is 2.54. The molecule has 1 nitrogen and oxygen atoms in total. The summed E-state index contributed by atoms with van der Waals surface area (Å²) in [5.41, 5.74) is 2.97. The van der Waals surface area contributed by atoms with Crippen LogP contribution in [0.15, 0.2) is 24.3 Å². The lowest BCUT2D eigenvalue weighted by molar-refractivity contribution is 0.146. The molecule has 1 N–H and O–H groups in total. The highest BCUT2D eigenvalue weighted by atomic mass is 16.3. The minimum atomic E-state index is -0.102. The van der Waals surface area contributed by atoms with E-state index in [1.54, 1.807) is 0 Å². The van der Waals surface area contributed by atoms with Gasteiger partial charge in [0.2, 0.25) is 0 Å². The first-order valence-electron chi connectivity index (χ1n) is 4.59. The summed E-state index contributed by atoms with van der Waals surface area (Å²) in [6.07, 6.45) is 3.14. The summed E-state index contributed by atoms with van der Waals surface area (Å²) in [6.45, 7) is 0. The van der Waals surface area contributed by atoms with Crippen LogP contribution in [-0.4, -0.2) is 11.2 Å². The summed E-state index contributed by atoms with van der Waals surface area (Å²) in [4.78, 5) is 0. The van der Waals surface area contributed by atoms with Crippen LogP contribution in [0.5, 0.6) is 0 Å². The van der Waals surface area contributed by atoms with Gasteiger partial charge in [0, 0.05) is 5.41 Å². The van der Waals surface area contributed by atoms with Crippen molar-refractivity contribution < 1.29 is 5.11 Å². The molecule has 1 aromatic rings. The van der Waals surface area contributed by atoms with E-state index in [2.05, 4.69) is 24.3 Å². The summed E-state index contributed by atoms with van der Waals surface area (Å²) in [6, 6.07) is 8.47. The van der Waals surface area contributed by atoms with Crippen LogP contribution in [-0.2, 0) is 11.8 Å². The van der Waals surface area contributed by atoms with E-state index in [1.165, 1.54) is 24.0 Å². The van der Waals surface area contributed by atoms with Crippen molar-refractivity contribution in [3.8, 4) is 0 Å². The first-order valence-corrected chi connectivity index (χ1v) is 4.59. The topological polar surface area (TPSA) is 20.2 Å². The van der Waals surface area contributed by atoms with Crippen molar-refractivity contribution in [2.45, 2.75) is 30.8 Å². The SMILES string of the molecule is OC1Cc2ccccc2C12CC2. The Labute approximate surface area is 72.0 Å². The molecule has 1 atom stereocenters. The predicted molar refractivity (Wildman–Crippen MR) is 47.1 cm³/mol. The number of hydrogen-bond acceptors (Lipinski definition) is 1. The number of rotatable bonds is 0. The Balaban J connectivity index is 2.19. The van der Waals surface area contributed by atoms with Crippen LogP contribution >= 0.6 is 0 Å². The molecule has 0 aliphatic heterocycles. The van der Waals surface area contributed by atoms with Crippen molar-refractivity contribution in [1.82, 2.24) is 0 Å². The van der Waals surface area contributed by atoms with Crippen molar-refractivity contribution in [3.63, 3.8) is 0 Å². The molecule has 1 unspecified atom stereocenters. The zero-order valence-electron chi connectivity index (χ0n) is 6.96. The molecule has 0 saturated heterocycles. The van der Waals surface area contributed by atoms with Gasteiger partial charge in [-0.2, -0.15) is 0 Å². The van der Waals surface area contributed by atoms with E-state index in [4.69, 9.17) is 0 Å². The van der Waals surface area contributed by atoms with Crippen LogP contribution in [0, 0.1) is 0 Å². The molecule has 2 aliphatic carbocycles. The van der Waals surface area contributed by atoms with Crippen LogP contribution in [0.2, 0.25) is 0 Å². The Bertz CT molecular complexity index is 326. The van der Waals surface area contributed by atoms with Crippen molar-refractivity contribution in [2.75, 3.05) is 0 Å². The van der Waals surface area contributed by atoms with Crippen LogP contribution in [0.4, 0.5) is 0 Å². The number of aliphatic hydroxyl groups excluding tert-OH is 1. The summed E-state index contributed by atoms with van der Waals surface area (Å²) in [7, 11) is 0. The van der Waals surface area contributed by atoms with Gasteiger partial charge in [-0.05, 0) is 30.4 Å². The number of benzene rings is 1. The smallest absolute Gasteiger partial charge is 0.0677 e. The van der Waals surface area contributed by atoms with Crippen LogP contribution in [0.25, 0.3) is 0 Å². The third-order valence-corrected chi connectivity index (χ3v) is 3.39. The monoisotopic (exact) mass is 160 g/mol.